The topological polar surface area (TPSA) is 34.1 Å². The van der Waals surface area contributed by atoms with Gasteiger partial charge >= 0.3 is 0 Å². The number of sulfone groups is 1. The predicted octanol–water partition coefficient (Wildman–Crippen LogP) is 2.05. The van der Waals surface area contributed by atoms with E-state index in [-0.39, 0.29) is 4.90 Å². The zero-order valence-electron chi connectivity index (χ0n) is 6.57. The monoisotopic (exact) mass is 204 g/mol. The summed E-state index contributed by atoms with van der Waals surface area (Å²) in [5.41, 5.74) is 0. The molecule has 0 amide bonds. The zero-order chi connectivity index (χ0) is 9.19. The van der Waals surface area contributed by atoms with Crippen LogP contribution in [0.15, 0.2) is 35.2 Å². The summed E-state index contributed by atoms with van der Waals surface area (Å²) < 4.78 is 21.9. The van der Waals surface area contributed by atoms with Crippen LogP contribution in [0.4, 0.5) is 0 Å². The number of benzene rings is 1. The highest BCUT2D eigenvalue weighted by Gasteiger charge is 2.19. The first-order valence-electron chi connectivity index (χ1n) is 3.48. The van der Waals surface area contributed by atoms with E-state index in [9.17, 15) is 8.42 Å². The number of hydrogen-bond donors (Lipinski definition) is 0. The number of rotatable bonds is 2. The van der Waals surface area contributed by atoms with E-state index in [4.69, 9.17) is 11.6 Å². The summed E-state index contributed by atoms with van der Waals surface area (Å²) >= 11 is 5.52. The number of hydrogen-bond acceptors (Lipinski definition) is 2. The van der Waals surface area contributed by atoms with E-state index in [0.717, 1.165) is 0 Å². The molecule has 0 saturated carbocycles. The van der Waals surface area contributed by atoms with E-state index in [1.807, 2.05) is 0 Å². The van der Waals surface area contributed by atoms with E-state index in [2.05, 4.69) is 0 Å². The van der Waals surface area contributed by atoms with Crippen molar-refractivity contribution < 1.29 is 8.42 Å². The highest BCUT2D eigenvalue weighted by Crippen LogP contribution is 2.17. The van der Waals surface area contributed by atoms with Crippen molar-refractivity contribution in [2.45, 2.75) is 16.5 Å². The molecule has 0 heterocycles. The molecule has 0 aliphatic carbocycles. The Morgan fingerprint density at radius 3 is 2.17 bits per heavy atom. The van der Waals surface area contributed by atoms with E-state index in [0.29, 0.717) is 0 Å². The minimum absolute atomic E-state index is 0.271. The average molecular weight is 205 g/mol. The fourth-order valence-corrected chi connectivity index (χ4v) is 2.02. The van der Waals surface area contributed by atoms with Gasteiger partial charge in [-0.2, -0.15) is 0 Å². The van der Waals surface area contributed by atoms with Crippen LogP contribution < -0.4 is 0 Å². The molecule has 0 aliphatic heterocycles. The first-order chi connectivity index (χ1) is 5.55. The van der Waals surface area contributed by atoms with Crippen LogP contribution in [-0.2, 0) is 9.84 Å². The minimum Gasteiger partial charge on any atom is -0.222 e. The van der Waals surface area contributed by atoms with Crippen molar-refractivity contribution in [3.63, 3.8) is 0 Å². The first-order valence-corrected chi connectivity index (χ1v) is 5.46. The van der Waals surface area contributed by atoms with Crippen molar-refractivity contribution in [2.75, 3.05) is 0 Å². The van der Waals surface area contributed by atoms with Gasteiger partial charge in [0.2, 0.25) is 0 Å². The lowest BCUT2D eigenvalue weighted by Gasteiger charge is -2.04. The van der Waals surface area contributed by atoms with Crippen molar-refractivity contribution in [1.82, 2.24) is 0 Å². The molecule has 0 aliphatic rings. The van der Waals surface area contributed by atoms with E-state index >= 15 is 0 Å². The van der Waals surface area contributed by atoms with Crippen LogP contribution in [0.5, 0.6) is 0 Å². The van der Waals surface area contributed by atoms with Crippen LogP contribution in [0.25, 0.3) is 0 Å². The molecule has 1 aromatic carbocycles. The second-order valence-electron chi connectivity index (χ2n) is 2.40. The molecular weight excluding hydrogens is 196 g/mol. The second kappa shape index (κ2) is 3.46. The quantitative estimate of drug-likeness (QED) is 0.691. The third-order valence-corrected chi connectivity index (χ3v) is 3.99. The van der Waals surface area contributed by atoms with Gasteiger partial charge in [-0.15, -0.1) is 11.6 Å². The van der Waals surface area contributed by atoms with Crippen LogP contribution >= 0.6 is 11.6 Å². The van der Waals surface area contributed by atoms with Gasteiger partial charge in [0.25, 0.3) is 0 Å². The van der Waals surface area contributed by atoms with Crippen molar-refractivity contribution in [3.8, 4) is 0 Å². The van der Waals surface area contributed by atoms with Gasteiger partial charge in [0.15, 0.2) is 9.84 Å². The molecular formula is C8H9ClO2S. The Morgan fingerprint density at radius 2 is 1.75 bits per heavy atom. The third kappa shape index (κ3) is 1.79. The maximum atomic E-state index is 11.4. The largest absolute Gasteiger partial charge is 0.222 e. The summed E-state index contributed by atoms with van der Waals surface area (Å²) in [5, 5.41) is 0. The Morgan fingerprint density at radius 1 is 1.25 bits per heavy atom. The zero-order valence-corrected chi connectivity index (χ0v) is 8.14. The van der Waals surface area contributed by atoms with E-state index < -0.39 is 14.5 Å². The molecule has 0 fully saturated rings. The molecule has 0 saturated heterocycles. The highest BCUT2D eigenvalue weighted by molar-refractivity contribution is 7.93. The Labute approximate surface area is 77.1 Å². The molecule has 0 bridgehead atoms. The van der Waals surface area contributed by atoms with Crippen molar-refractivity contribution in [1.29, 1.82) is 0 Å². The molecule has 0 radical (unpaired) electrons. The minimum atomic E-state index is -3.31. The van der Waals surface area contributed by atoms with Crippen LogP contribution in [0, 0.1) is 0 Å². The molecule has 12 heavy (non-hydrogen) atoms. The number of halogens is 1. The maximum absolute atomic E-state index is 11.4. The Kier molecular flexibility index (Phi) is 2.75. The van der Waals surface area contributed by atoms with Gasteiger partial charge in [-0.3, -0.25) is 0 Å². The lowest BCUT2D eigenvalue weighted by Crippen LogP contribution is -2.11. The summed E-state index contributed by atoms with van der Waals surface area (Å²) in [6.07, 6.45) is 0. The first kappa shape index (κ1) is 9.55. The highest BCUT2D eigenvalue weighted by atomic mass is 35.5. The van der Waals surface area contributed by atoms with Crippen molar-refractivity contribution in [3.05, 3.63) is 30.3 Å². The molecule has 0 unspecified atom stereocenters. The SMILES string of the molecule is C[C@H](Cl)S(=O)(=O)c1ccccc1. The molecule has 4 heteroatoms. The fourth-order valence-electron chi connectivity index (χ4n) is 0.798. The molecule has 2 nitrogen and oxygen atoms in total. The Balaban J connectivity index is 3.17. The van der Waals surface area contributed by atoms with Gasteiger partial charge in [-0.25, -0.2) is 8.42 Å². The summed E-state index contributed by atoms with van der Waals surface area (Å²) in [4.78, 5) is 0.271. The van der Waals surface area contributed by atoms with Crippen LogP contribution in [0.2, 0.25) is 0 Å². The predicted molar refractivity (Wildman–Crippen MR) is 48.9 cm³/mol. The third-order valence-electron chi connectivity index (χ3n) is 1.50. The molecule has 1 aromatic rings. The van der Waals surface area contributed by atoms with Gasteiger partial charge in [-0.05, 0) is 19.1 Å². The van der Waals surface area contributed by atoms with Crippen molar-refractivity contribution >= 4 is 21.4 Å². The molecule has 0 aromatic heterocycles. The fraction of sp³-hybridized carbons (Fsp3) is 0.250. The van der Waals surface area contributed by atoms with Crippen LogP contribution in [0.3, 0.4) is 0 Å². The van der Waals surface area contributed by atoms with Crippen molar-refractivity contribution in [2.24, 2.45) is 0 Å². The molecule has 1 rings (SSSR count). The van der Waals surface area contributed by atoms with Gasteiger partial charge in [0.05, 0.1) is 4.90 Å². The lowest BCUT2D eigenvalue weighted by atomic mass is 10.4. The summed E-state index contributed by atoms with van der Waals surface area (Å²) in [6.45, 7) is 1.45. The summed E-state index contributed by atoms with van der Waals surface area (Å²) in [7, 11) is -3.31. The van der Waals surface area contributed by atoms with Crippen LogP contribution in [0.1, 0.15) is 6.92 Å². The van der Waals surface area contributed by atoms with Gasteiger partial charge in [0, 0.05) is 0 Å². The second-order valence-corrected chi connectivity index (χ2v) is 5.58. The molecule has 0 spiro atoms. The Bertz CT molecular complexity index is 343. The van der Waals surface area contributed by atoms with Gasteiger partial charge in [-0.1, -0.05) is 18.2 Å². The Hall–Kier alpha value is -0.540. The van der Waals surface area contributed by atoms with Crippen LogP contribution in [-0.4, -0.2) is 13.1 Å². The maximum Gasteiger partial charge on any atom is 0.194 e. The average Bonchev–Trinajstić information content (AvgIpc) is 2.06. The molecule has 0 N–H and O–H groups in total. The smallest absolute Gasteiger partial charge is 0.194 e. The summed E-state index contributed by atoms with van der Waals surface area (Å²) in [6, 6.07) is 8.18. The van der Waals surface area contributed by atoms with Gasteiger partial charge in [0.1, 0.15) is 4.71 Å². The summed E-state index contributed by atoms with van der Waals surface area (Å²) in [5.74, 6) is 0. The molecule has 66 valence electrons. The number of alkyl halides is 1. The molecule has 1 atom stereocenters. The lowest BCUT2D eigenvalue weighted by molar-refractivity contribution is 0.594. The van der Waals surface area contributed by atoms with Gasteiger partial charge < -0.3 is 0 Å². The van der Waals surface area contributed by atoms with E-state index in [1.54, 1.807) is 18.2 Å². The standard InChI is InChI=1S/C8H9ClO2S/c1-7(9)12(10,11)8-5-3-2-4-6-8/h2-7H,1H3/t7-/m1/s1. The van der Waals surface area contributed by atoms with E-state index in [1.165, 1.54) is 19.1 Å². The normalized spacial score (nSPS) is 14.2.